The fraction of sp³-hybridized carbons (Fsp3) is 0.350. The highest BCUT2D eigenvalue weighted by molar-refractivity contribution is 5.87. The van der Waals surface area contributed by atoms with Gasteiger partial charge < -0.3 is 10.0 Å². The van der Waals surface area contributed by atoms with Gasteiger partial charge in [-0.25, -0.2) is 0 Å². The van der Waals surface area contributed by atoms with E-state index in [1.807, 2.05) is 69.3 Å². The van der Waals surface area contributed by atoms with Gasteiger partial charge in [0.15, 0.2) is 0 Å². The van der Waals surface area contributed by atoms with E-state index in [1.165, 1.54) is 0 Å². The first-order valence-corrected chi connectivity index (χ1v) is 8.26. The number of aliphatic hydroxyl groups is 1. The number of carbonyl (C=O) groups is 1. The van der Waals surface area contributed by atoms with Crippen LogP contribution < -0.4 is 0 Å². The van der Waals surface area contributed by atoms with Gasteiger partial charge in [-0.15, -0.1) is 0 Å². The van der Waals surface area contributed by atoms with Crippen molar-refractivity contribution in [2.45, 2.75) is 26.4 Å². The summed E-state index contributed by atoms with van der Waals surface area (Å²) in [6.45, 7) is 7.07. The van der Waals surface area contributed by atoms with Crippen LogP contribution in [0.2, 0.25) is 0 Å². The number of amides is 1. The Labute approximate surface area is 137 Å². The molecule has 0 radical (unpaired) electrons. The predicted octanol–water partition coefficient (Wildman–Crippen LogP) is 3.41. The standard InChI is InChI=1S/C20H23NO2/c1-4-21(5-2)19(22)14(3)20(23)17-12-8-6-10-15(17)16-11-7-9-13-18(16)20/h6-14,23H,4-5H2,1-3H3/t14-/m0/s1. The Morgan fingerprint density at radius 1 is 1.00 bits per heavy atom. The highest BCUT2D eigenvalue weighted by Crippen LogP contribution is 2.51. The summed E-state index contributed by atoms with van der Waals surface area (Å²) < 4.78 is 0. The minimum atomic E-state index is -1.27. The molecule has 0 aromatic heterocycles. The minimum absolute atomic E-state index is 0.0102. The molecule has 0 heterocycles. The van der Waals surface area contributed by atoms with Crippen molar-refractivity contribution in [3.8, 4) is 11.1 Å². The van der Waals surface area contributed by atoms with Crippen LogP contribution in [0.25, 0.3) is 11.1 Å². The van der Waals surface area contributed by atoms with Gasteiger partial charge in [0.2, 0.25) is 5.91 Å². The molecule has 1 amide bonds. The molecule has 0 saturated heterocycles. The molecule has 2 aromatic rings. The molecular formula is C20H23NO2. The van der Waals surface area contributed by atoms with Crippen LogP contribution in [-0.2, 0) is 10.4 Å². The number of fused-ring (bicyclic) bond motifs is 3. The van der Waals surface area contributed by atoms with Gasteiger partial charge in [0, 0.05) is 13.1 Å². The monoisotopic (exact) mass is 309 g/mol. The lowest BCUT2D eigenvalue weighted by Crippen LogP contribution is -2.45. The molecule has 1 aliphatic carbocycles. The van der Waals surface area contributed by atoms with Crippen LogP contribution in [-0.4, -0.2) is 29.0 Å². The molecule has 0 unspecified atom stereocenters. The van der Waals surface area contributed by atoms with E-state index in [2.05, 4.69) is 0 Å². The second-order valence-electron chi connectivity index (χ2n) is 6.09. The Morgan fingerprint density at radius 3 is 1.87 bits per heavy atom. The third-order valence-electron chi connectivity index (χ3n) is 5.04. The van der Waals surface area contributed by atoms with Gasteiger partial charge in [-0.05, 0) is 36.1 Å². The van der Waals surface area contributed by atoms with Gasteiger partial charge in [-0.2, -0.15) is 0 Å². The molecule has 2 aromatic carbocycles. The summed E-state index contributed by atoms with van der Waals surface area (Å²) >= 11 is 0. The van der Waals surface area contributed by atoms with Crippen LogP contribution in [0.5, 0.6) is 0 Å². The summed E-state index contributed by atoms with van der Waals surface area (Å²) in [5.74, 6) is -0.545. The zero-order chi connectivity index (χ0) is 16.6. The van der Waals surface area contributed by atoms with Crippen molar-refractivity contribution in [2.75, 3.05) is 13.1 Å². The highest BCUT2D eigenvalue weighted by atomic mass is 16.3. The lowest BCUT2D eigenvalue weighted by molar-refractivity contribution is -0.142. The SMILES string of the molecule is CCN(CC)C(=O)[C@H](C)C1(O)c2ccccc2-c2ccccc21. The highest BCUT2D eigenvalue weighted by Gasteiger charge is 2.48. The first kappa shape index (κ1) is 15.8. The van der Waals surface area contributed by atoms with Gasteiger partial charge >= 0.3 is 0 Å². The Hall–Kier alpha value is -2.13. The molecule has 0 fully saturated rings. The van der Waals surface area contributed by atoms with Crippen molar-refractivity contribution >= 4 is 5.91 Å². The lowest BCUT2D eigenvalue weighted by Gasteiger charge is -2.34. The topological polar surface area (TPSA) is 40.5 Å². The second kappa shape index (κ2) is 5.82. The summed E-state index contributed by atoms with van der Waals surface area (Å²) in [5.41, 5.74) is 2.42. The molecule has 3 heteroatoms. The fourth-order valence-corrected chi connectivity index (χ4v) is 3.70. The van der Waals surface area contributed by atoms with E-state index in [-0.39, 0.29) is 5.91 Å². The summed E-state index contributed by atoms with van der Waals surface area (Å²) in [6.07, 6.45) is 0. The summed E-state index contributed by atoms with van der Waals surface area (Å²) in [7, 11) is 0. The van der Waals surface area contributed by atoms with Crippen LogP contribution in [0.15, 0.2) is 48.5 Å². The molecule has 0 bridgehead atoms. The third kappa shape index (κ3) is 2.19. The maximum Gasteiger partial charge on any atom is 0.229 e. The summed E-state index contributed by atoms with van der Waals surface area (Å²) in [6, 6.07) is 15.7. The molecule has 1 aliphatic rings. The third-order valence-corrected chi connectivity index (χ3v) is 5.04. The van der Waals surface area contributed by atoms with Gasteiger partial charge in [0.05, 0.1) is 5.92 Å². The molecule has 0 spiro atoms. The Bertz CT molecular complexity index is 688. The van der Waals surface area contributed by atoms with Gasteiger partial charge in [-0.3, -0.25) is 4.79 Å². The van der Waals surface area contributed by atoms with Crippen LogP contribution in [0.1, 0.15) is 31.9 Å². The fourth-order valence-electron chi connectivity index (χ4n) is 3.70. The molecule has 1 atom stereocenters. The zero-order valence-electron chi connectivity index (χ0n) is 13.9. The predicted molar refractivity (Wildman–Crippen MR) is 92.0 cm³/mol. The lowest BCUT2D eigenvalue weighted by atomic mass is 9.79. The van der Waals surface area contributed by atoms with Crippen LogP contribution >= 0.6 is 0 Å². The van der Waals surface area contributed by atoms with E-state index in [9.17, 15) is 9.90 Å². The first-order chi connectivity index (χ1) is 11.1. The number of nitrogens with zero attached hydrogens (tertiary/aromatic N) is 1. The minimum Gasteiger partial charge on any atom is -0.380 e. The molecule has 0 aliphatic heterocycles. The Balaban J connectivity index is 2.15. The van der Waals surface area contributed by atoms with E-state index in [0.717, 1.165) is 22.3 Å². The largest absolute Gasteiger partial charge is 0.380 e. The maximum absolute atomic E-state index is 12.9. The van der Waals surface area contributed by atoms with E-state index in [4.69, 9.17) is 0 Å². The average molecular weight is 309 g/mol. The molecule has 23 heavy (non-hydrogen) atoms. The second-order valence-corrected chi connectivity index (χ2v) is 6.09. The number of hydrogen-bond acceptors (Lipinski definition) is 2. The van der Waals surface area contributed by atoms with Crippen molar-refractivity contribution in [3.05, 3.63) is 59.7 Å². The Kier molecular flexibility index (Phi) is 3.99. The molecule has 120 valence electrons. The summed E-state index contributed by atoms with van der Waals surface area (Å²) in [4.78, 5) is 14.7. The van der Waals surface area contributed by atoms with Gasteiger partial charge in [0.1, 0.15) is 5.60 Å². The van der Waals surface area contributed by atoms with Crippen molar-refractivity contribution in [1.82, 2.24) is 4.90 Å². The van der Waals surface area contributed by atoms with Crippen LogP contribution in [0.3, 0.4) is 0 Å². The molecule has 3 rings (SSSR count). The number of hydrogen-bond donors (Lipinski definition) is 1. The maximum atomic E-state index is 12.9. The normalized spacial score (nSPS) is 15.7. The molecule has 1 N–H and O–H groups in total. The quantitative estimate of drug-likeness (QED) is 0.940. The van der Waals surface area contributed by atoms with E-state index in [1.54, 1.807) is 4.90 Å². The van der Waals surface area contributed by atoms with Gasteiger partial charge in [0.25, 0.3) is 0 Å². The average Bonchev–Trinajstić information content (AvgIpc) is 2.86. The van der Waals surface area contributed by atoms with Crippen LogP contribution in [0.4, 0.5) is 0 Å². The molecular weight excluding hydrogens is 286 g/mol. The first-order valence-electron chi connectivity index (χ1n) is 8.26. The van der Waals surface area contributed by atoms with Crippen LogP contribution in [0, 0.1) is 5.92 Å². The summed E-state index contributed by atoms with van der Waals surface area (Å²) in [5, 5.41) is 11.6. The zero-order valence-corrected chi connectivity index (χ0v) is 13.9. The van der Waals surface area contributed by atoms with E-state index < -0.39 is 11.5 Å². The smallest absolute Gasteiger partial charge is 0.229 e. The van der Waals surface area contributed by atoms with Crippen molar-refractivity contribution in [2.24, 2.45) is 5.92 Å². The number of carbonyl (C=O) groups excluding carboxylic acids is 1. The van der Waals surface area contributed by atoms with Crippen molar-refractivity contribution in [3.63, 3.8) is 0 Å². The molecule has 0 saturated carbocycles. The molecule has 3 nitrogen and oxygen atoms in total. The Morgan fingerprint density at radius 2 is 1.43 bits per heavy atom. The van der Waals surface area contributed by atoms with Crippen molar-refractivity contribution < 1.29 is 9.90 Å². The number of benzene rings is 2. The van der Waals surface area contributed by atoms with Crippen molar-refractivity contribution in [1.29, 1.82) is 0 Å². The number of rotatable bonds is 4. The van der Waals surface area contributed by atoms with E-state index in [0.29, 0.717) is 13.1 Å². The van der Waals surface area contributed by atoms with Gasteiger partial charge in [-0.1, -0.05) is 55.5 Å². The van der Waals surface area contributed by atoms with E-state index >= 15 is 0 Å².